The molecule has 1 atom stereocenters. The highest BCUT2D eigenvalue weighted by Gasteiger charge is 2.35. The summed E-state index contributed by atoms with van der Waals surface area (Å²) in [5, 5.41) is 13.0. The van der Waals surface area contributed by atoms with E-state index in [0.29, 0.717) is 17.1 Å². The number of ether oxygens (including phenoxy) is 2. The lowest BCUT2D eigenvalue weighted by Crippen LogP contribution is -2.39. The number of carbonyl (C=O) groups excluding carboxylic acids is 1. The standard InChI is InChI=1S/C18H16F3NO4/c1-17(24,11-6-7-14-15(8-11)26-10-25-14)9-22-16(23)12-4-2-3-5-13(12)18(19,20)21/h2-8,24H,9-10H2,1H3,(H,22,23)/t17-/m1/s1. The Morgan fingerprint density at radius 2 is 1.85 bits per heavy atom. The van der Waals surface area contributed by atoms with Gasteiger partial charge < -0.3 is 19.9 Å². The van der Waals surface area contributed by atoms with Crippen LogP contribution in [-0.2, 0) is 11.8 Å². The van der Waals surface area contributed by atoms with Crippen molar-refractivity contribution in [3.63, 3.8) is 0 Å². The summed E-state index contributed by atoms with van der Waals surface area (Å²) in [6.07, 6.45) is -4.65. The van der Waals surface area contributed by atoms with Gasteiger partial charge in [-0.2, -0.15) is 13.2 Å². The van der Waals surface area contributed by atoms with Gasteiger partial charge in [-0.3, -0.25) is 4.79 Å². The van der Waals surface area contributed by atoms with E-state index in [1.54, 1.807) is 18.2 Å². The van der Waals surface area contributed by atoms with E-state index in [1.165, 1.54) is 19.1 Å². The quantitative estimate of drug-likeness (QED) is 0.872. The molecule has 0 saturated carbocycles. The normalized spacial score (nSPS) is 15.4. The van der Waals surface area contributed by atoms with Gasteiger partial charge in [0.2, 0.25) is 6.79 Å². The summed E-state index contributed by atoms with van der Waals surface area (Å²) in [4.78, 5) is 12.2. The summed E-state index contributed by atoms with van der Waals surface area (Å²) < 4.78 is 49.5. The Kier molecular flexibility index (Phi) is 4.53. The second kappa shape index (κ2) is 6.53. The number of rotatable bonds is 4. The van der Waals surface area contributed by atoms with Gasteiger partial charge in [0.05, 0.1) is 17.7 Å². The largest absolute Gasteiger partial charge is 0.454 e. The molecule has 26 heavy (non-hydrogen) atoms. The Bertz CT molecular complexity index is 833. The molecule has 0 radical (unpaired) electrons. The average Bonchev–Trinajstić information content (AvgIpc) is 3.06. The van der Waals surface area contributed by atoms with E-state index in [0.717, 1.165) is 12.1 Å². The van der Waals surface area contributed by atoms with Gasteiger partial charge in [-0.15, -0.1) is 0 Å². The summed E-state index contributed by atoms with van der Waals surface area (Å²) >= 11 is 0. The molecule has 8 heteroatoms. The van der Waals surface area contributed by atoms with Crippen LogP contribution in [0.25, 0.3) is 0 Å². The maximum atomic E-state index is 13.0. The Hall–Kier alpha value is -2.74. The van der Waals surface area contributed by atoms with Crippen molar-refractivity contribution in [1.82, 2.24) is 5.32 Å². The first-order valence-electron chi connectivity index (χ1n) is 7.75. The van der Waals surface area contributed by atoms with Gasteiger partial charge >= 0.3 is 6.18 Å². The Morgan fingerprint density at radius 1 is 1.15 bits per heavy atom. The highest BCUT2D eigenvalue weighted by molar-refractivity contribution is 5.95. The van der Waals surface area contributed by atoms with Crippen molar-refractivity contribution in [3.05, 3.63) is 59.2 Å². The lowest BCUT2D eigenvalue weighted by atomic mass is 9.95. The number of aliphatic hydroxyl groups is 1. The summed E-state index contributed by atoms with van der Waals surface area (Å²) in [6, 6.07) is 9.27. The number of carbonyl (C=O) groups is 1. The third-order valence-electron chi connectivity index (χ3n) is 4.06. The molecule has 0 saturated heterocycles. The molecule has 0 fully saturated rings. The van der Waals surface area contributed by atoms with Gasteiger partial charge in [0.1, 0.15) is 5.60 Å². The molecule has 0 aliphatic carbocycles. The van der Waals surface area contributed by atoms with Crippen LogP contribution in [0.2, 0.25) is 0 Å². The van der Waals surface area contributed by atoms with E-state index in [1.807, 2.05) is 0 Å². The number of nitrogens with one attached hydrogen (secondary N) is 1. The van der Waals surface area contributed by atoms with Crippen molar-refractivity contribution in [1.29, 1.82) is 0 Å². The molecular weight excluding hydrogens is 351 g/mol. The Labute approximate surface area is 147 Å². The first kappa shape index (κ1) is 18.1. The highest BCUT2D eigenvalue weighted by Crippen LogP contribution is 2.36. The number of halogens is 3. The Balaban J connectivity index is 1.75. The minimum Gasteiger partial charge on any atom is -0.454 e. The minimum absolute atomic E-state index is 0.0753. The van der Waals surface area contributed by atoms with Crippen molar-refractivity contribution in [3.8, 4) is 11.5 Å². The maximum absolute atomic E-state index is 13.0. The lowest BCUT2D eigenvalue weighted by Gasteiger charge is -2.25. The molecule has 2 N–H and O–H groups in total. The predicted molar refractivity (Wildman–Crippen MR) is 85.9 cm³/mol. The van der Waals surface area contributed by atoms with Crippen LogP contribution in [0.5, 0.6) is 11.5 Å². The number of amides is 1. The molecule has 2 aromatic rings. The molecule has 0 unspecified atom stereocenters. The topological polar surface area (TPSA) is 67.8 Å². The summed E-state index contributed by atoms with van der Waals surface area (Å²) in [6.45, 7) is 1.24. The van der Waals surface area contributed by atoms with Crippen molar-refractivity contribution in [2.75, 3.05) is 13.3 Å². The molecule has 0 bridgehead atoms. The molecule has 138 valence electrons. The van der Waals surface area contributed by atoms with Crippen molar-refractivity contribution >= 4 is 5.91 Å². The average molecular weight is 367 g/mol. The first-order chi connectivity index (χ1) is 12.2. The van der Waals surface area contributed by atoms with Gasteiger partial charge in [-0.25, -0.2) is 0 Å². The van der Waals surface area contributed by atoms with Crippen molar-refractivity contribution in [2.24, 2.45) is 0 Å². The fourth-order valence-corrected chi connectivity index (χ4v) is 2.61. The van der Waals surface area contributed by atoms with E-state index < -0.39 is 28.8 Å². The third kappa shape index (κ3) is 3.60. The zero-order chi connectivity index (χ0) is 18.9. The van der Waals surface area contributed by atoms with E-state index in [2.05, 4.69) is 5.32 Å². The summed E-state index contributed by atoms with van der Waals surface area (Å²) in [7, 11) is 0. The molecule has 2 aromatic carbocycles. The molecule has 1 aliphatic rings. The van der Waals surface area contributed by atoms with Gasteiger partial charge in [-0.1, -0.05) is 18.2 Å². The fraction of sp³-hybridized carbons (Fsp3) is 0.278. The SMILES string of the molecule is C[C@@](O)(CNC(=O)c1ccccc1C(F)(F)F)c1ccc2c(c1)OCO2. The smallest absolute Gasteiger partial charge is 0.417 e. The number of benzene rings is 2. The molecule has 0 spiro atoms. The first-order valence-corrected chi connectivity index (χ1v) is 7.75. The second-order valence-electron chi connectivity index (χ2n) is 6.07. The number of hydrogen-bond acceptors (Lipinski definition) is 4. The van der Waals surface area contributed by atoms with Crippen molar-refractivity contribution in [2.45, 2.75) is 18.7 Å². The van der Waals surface area contributed by atoms with Gasteiger partial charge in [0.25, 0.3) is 5.91 Å². The molecule has 1 amide bonds. The summed E-state index contributed by atoms with van der Waals surface area (Å²) in [5.41, 5.74) is -2.60. The minimum atomic E-state index is -4.65. The number of alkyl halides is 3. The van der Waals surface area contributed by atoms with E-state index >= 15 is 0 Å². The molecule has 3 rings (SSSR count). The number of hydrogen-bond donors (Lipinski definition) is 2. The van der Waals surface area contributed by atoms with Gasteiger partial charge in [-0.05, 0) is 36.8 Å². The third-order valence-corrected chi connectivity index (χ3v) is 4.06. The predicted octanol–water partition coefficient (Wildman–Crippen LogP) is 3.07. The van der Waals surface area contributed by atoms with Gasteiger partial charge in [0, 0.05) is 0 Å². The van der Waals surface area contributed by atoms with Crippen LogP contribution in [-0.4, -0.2) is 24.4 Å². The van der Waals surface area contributed by atoms with E-state index in [9.17, 15) is 23.1 Å². The van der Waals surface area contributed by atoms with Crippen LogP contribution in [0.15, 0.2) is 42.5 Å². The zero-order valence-corrected chi connectivity index (χ0v) is 13.8. The van der Waals surface area contributed by atoms with Crippen LogP contribution >= 0.6 is 0 Å². The van der Waals surface area contributed by atoms with Gasteiger partial charge in [0.15, 0.2) is 11.5 Å². The fourth-order valence-electron chi connectivity index (χ4n) is 2.61. The van der Waals surface area contributed by atoms with Crippen molar-refractivity contribution < 1.29 is 32.5 Å². The van der Waals surface area contributed by atoms with Crippen LogP contribution in [0.3, 0.4) is 0 Å². The van der Waals surface area contributed by atoms with Crippen LogP contribution in [0.4, 0.5) is 13.2 Å². The maximum Gasteiger partial charge on any atom is 0.417 e. The zero-order valence-electron chi connectivity index (χ0n) is 13.8. The Morgan fingerprint density at radius 3 is 2.58 bits per heavy atom. The monoisotopic (exact) mass is 367 g/mol. The van der Waals surface area contributed by atoms with E-state index in [4.69, 9.17) is 9.47 Å². The highest BCUT2D eigenvalue weighted by atomic mass is 19.4. The number of fused-ring (bicyclic) bond motifs is 1. The van der Waals surface area contributed by atoms with Crippen LogP contribution < -0.4 is 14.8 Å². The van der Waals surface area contributed by atoms with Crippen LogP contribution in [0, 0.1) is 0 Å². The van der Waals surface area contributed by atoms with E-state index in [-0.39, 0.29) is 13.3 Å². The summed E-state index contributed by atoms with van der Waals surface area (Å²) in [5.74, 6) is 0.0724. The lowest BCUT2D eigenvalue weighted by molar-refractivity contribution is -0.137. The molecule has 1 heterocycles. The molecular formula is C18H16F3NO4. The molecule has 0 aromatic heterocycles. The van der Waals surface area contributed by atoms with Crippen LogP contribution in [0.1, 0.15) is 28.4 Å². The molecule has 5 nitrogen and oxygen atoms in total. The molecule has 1 aliphatic heterocycles. The second-order valence-corrected chi connectivity index (χ2v) is 6.07.